The minimum absolute atomic E-state index is 0.0628. The average Bonchev–Trinajstić information content (AvgIpc) is 3.28. The van der Waals surface area contributed by atoms with Crippen molar-refractivity contribution >= 4 is 23.1 Å². The fourth-order valence-electron chi connectivity index (χ4n) is 3.92. The van der Waals surface area contributed by atoms with Gasteiger partial charge in [0.05, 0.1) is 4.88 Å². The van der Waals surface area contributed by atoms with Gasteiger partial charge in [-0.3, -0.25) is 10.1 Å². The van der Waals surface area contributed by atoms with Gasteiger partial charge in [0.15, 0.2) is 5.78 Å². The summed E-state index contributed by atoms with van der Waals surface area (Å²) in [4.78, 5) is 26.1. The van der Waals surface area contributed by atoms with Gasteiger partial charge in [0.1, 0.15) is 23.9 Å². The van der Waals surface area contributed by atoms with Gasteiger partial charge in [0, 0.05) is 17.5 Å². The van der Waals surface area contributed by atoms with Gasteiger partial charge in [-0.2, -0.15) is 0 Å². The molecule has 0 aliphatic rings. The zero-order valence-electron chi connectivity index (χ0n) is 20.1. The summed E-state index contributed by atoms with van der Waals surface area (Å²) in [6.45, 7) is 5.78. The van der Waals surface area contributed by atoms with Crippen molar-refractivity contribution < 1.29 is 23.1 Å². The molecule has 8 heteroatoms. The van der Waals surface area contributed by atoms with Gasteiger partial charge in [-0.15, -0.1) is 11.3 Å². The van der Waals surface area contributed by atoms with E-state index in [1.165, 1.54) is 18.6 Å². The molecule has 0 saturated carbocycles. The molecule has 1 heterocycles. The normalized spacial score (nSPS) is 12.9. The SMILES string of the molecule is CCC[C@](N)(C(=O)OCNCc1cccc(CC)c1)c1sc(C(C)=O)cc1-c1cc(F)cc(F)c1. The second-order valence-corrected chi connectivity index (χ2v) is 9.52. The van der Waals surface area contributed by atoms with Gasteiger partial charge in [-0.25, -0.2) is 13.6 Å². The van der Waals surface area contributed by atoms with Crippen LogP contribution in [0.1, 0.15) is 59.3 Å². The van der Waals surface area contributed by atoms with Gasteiger partial charge >= 0.3 is 5.97 Å². The highest BCUT2D eigenvalue weighted by Crippen LogP contribution is 2.41. The molecule has 5 nitrogen and oxygen atoms in total. The van der Waals surface area contributed by atoms with Crippen LogP contribution in [0.3, 0.4) is 0 Å². The molecular formula is C27H30F2N2O3S. The molecule has 0 aliphatic carbocycles. The van der Waals surface area contributed by atoms with Crippen LogP contribution in [-0.2, 0) is 28.0 Å². The summed E-state index contributed by atoms with van der Waals surface area (Å²) in [6, 6.07) is 12.7. The first-order valence-electron chi connectivity index (χ1n) is 11.5. The van der Waals surface area contributed by atoms with Crippen molar-refractivity contribution in [1.29, 1.82) is 0 Å². The lowest BCUT2D eigenvalue weighted by atomic mass is 9.88. The number of esters is 1. The fourth-order valence-corrected chi connectivity index (χ4v) is 5.12. The van der Waals surface area contributed by atoms with E-state index in [-0.39, 0.29) is 24.5 Å². The van der Waals surface area contributed by atoms with Gasteiger partial charge < -0.3 is 10.5 Å². The Labute approximate surface area is 208 Å². The third-order valence-corrected chi connectivity index (χ3v) is 7.11. The molecule has 1 atom stereocenters. The number of aryl methyl sites for hydroxylation is 1. The molecule has 0 spiro atoms. The molecule has 35 heavy (non-hydrogen) atoms. The zero-order chi connectivity index (χ0) is 25.6. The number of nitrogens with two attached hydrogens (primary N) is 1. The number of nitrogens with one attached hydrogen (secondary N) is 1. The molecule has 0 aliphatic heterocycles. The highest BCUT2D eigenvalue weighted by Gasteiger charge is 2.41. The maximum atomic E-state index is 14.0. The lowest BCUT2D eigenvalue weighted by Gasteiger charge is -2.27. The number of ether oxygens (including phenoxy) is 1. The van der Waals surface area contributed by atoms with Crippen molar-refractivity contribution in [3.05, 3.63) is 81.0 Å². The first-order valence-corrected chi connectivity index (χ1v) is 12.4. The summed E-state index contributed by atoms with van der Waals surface area (Å²) < 4.78 is 33.4. The Bertz CT molecular complexity index is 1190. The van der Waals surface area contributed by atoms with Crippen molar-refractivity contribution in [3.63, 3.8) is 0 Å². The maximum Gasteiger partial charge on any atom is 0.332 e. The molecule has 0 saturated heterocycles. The van der Waals surface area contributed by atoms with Crippen molar-refractivity contribution in [2.24, 2.45) is 5.73 Å². The summed E-state index contributed by atoms with van der Waals surface area (Å²) >= 11 is 1.05. The third-order valence-electron chi connectivity index (χ3n) is 5.70. The molecule has 0 fully saturated rings. The average molecular weight is 501 g/mol. The van der Waals surface area contributed by atoms with E-state index >= 15 is 0 Å². The molecule has 3 aromatic rings. The van der Waals surface area contributed by atoms with Gasteiger partial charge in [0.2, 0.25) is 0 Å². The van der Waals surface area contributed by atoms with Crippen LogP contribution in [0.4, 0.5) is 8.78 Å². The predicted octanol–water partition coefficient (Wildman–Crippen LogP) is 5.70. The first-order chi connectivity index (χ1) is 16.7. The smallest absolute Gasteiger partial charge is 0.332 e. The molecule has 186 valence electrons. The van der Waals surface area contributed by atoms with Crippen LogP contribution < -0.4 is 11.1 Å². The Kier molecular flexibility index (Phi) is 8.88. The van der Waals surface area contributed by atoms with Gasteiger partial charge in [-0.1, -0.05) is 44.5 Å². The van der Waals surface area contributed by atoms with Crippen LogP contribution in [0, 0.1) is 11.6 Å². The third kappa shape index (κ3) is 6.39. The largest absolute Gasteiger partial charge is 0.448 e. The summed E-state index contributed by atoms with van der Waals surface area (Å²) in [5, 5.41) is 3.09. The van der Waals surface area contributed by atoms with Crippen LogP contribution in [-0.4, -0.2) is 18.5 Å². The minimum atomic E-state index is -1.59. The molecular weight excluding hydrogens is 470 g/mol. The van der Waals surface area contributed by atoms with E-state index in [0.29, 0.717) is 28.3 Å². The van der Waals surface area contributed by atoms with E-state index in [0.717, 1.165) is 41.5 Å². The highest BCUT2D eigenvalue weighted by atomic mass is 32.1. The summed E-state index contributed by atoms with van der Waals surface area (Å²) in [7, 11) is 0. The number of thiophene rings is 1. The number of Topliss-reactive ketones (excluding diaryl/α,β-unsaturated/α-hetero) is 1. The van der Waals surface area contributed by atoms with Gasteiger partial charge in [0.25, 0.3) is 0 Å². The Morgan fingerprint density at radius 3 is 2.37 bits per heavy atom. The topological polar surface area (TPSA) is 81.4 Å². The van der Waals surface area contributed by atoms with E-state index in [2.05, 4.69) is 24.4 Å². The molecule has 1 aromatic heterocycles. The molecule has 0 radical (unpaired) electrons. The number of benzene rings is 2. The van der Waals surface area contributed by atoms with Crippen LogP contribution in [0.2, 0.25) is 0 Å². The van der Waals surface area contributed by atoms with E-state index in [9.17, 15) is 18.4 Å². The van der Waals surface area contributed by atoms with Crippen LogP contribution in [0.15, 0.2) is 48.5 Å². The van der Waals surface area contributed by atoms with Crippen molar-refractivity contribution in [3.8, 4) is 11.1 Å². The first kappa shape index (κ1) is 26.7. The molecule has 0 bridgehead atoms. The number of carbonyl (C=O) groups excluding carboxylic acids is 2. The second kappa shape index (κ2) is 11.7. The summed E-state index contributed by atoms with van der Waals surface area (Å²) in [5.74, 6) is -2.44. The summed E-state index contributed by atoms with van der Waals surface area (Å²) in [5.41, 5.74) is 7.88. The Hall–Kier alpha value is -2.94. The van der Waals surface area contributed by atoms with E-state index in [1.54, 1.807) is 0 Å². The number of rotatable bonds is 11. The molecule has 3 N–H and O–H groups in total. The lowest BCUT2D eigenvalue weighted by molar-refractivity contribution is -0.151. The lowest BCUT2D eigenvalue weighted by Crippen LogP contribution is -2.46. The van der Waals surface area contributed by atoms with E-state index in [1.807, 2.05) is 19.1 Å². The Morgan fingerprint density at radius 2 is 1.74 bits per heavy atom. The van der Waals surface area contributed by atoms with Crippen LogP contribution >= 0.6 is 11.3 Å². The quantitative estimate of drug-likeness (QED) is 0.153. The van der Waals surface area contributed by atoms with Crippen molar-refractivity contribution in [2.45, 2.75) is 52.1 Å². The Morgan fingerprint density at radius 1 is 1.06 bits per heavy atom. The number of hydrogen-bond donors (Lipinski definition) is 2. The maximum absolute atomic E-state index is 14.0. The number of halogens is 2. The minimum Gasteiger partial charge on any atom is -0.448 e. The summed E-state index contributed by atoms with van der Waals surface area (Å²) in [6.07, 6.45) is 1.70. The number of hydrogen-bond acceptors (Lipinski definition) is 6. The fraction of sp³-hybridized carbons (Fsp3) is 0.333. The van der Waals surface area contributed by atoms with Crippen molar-refractivity contribution in [2.75, 3.05) is 6.73 Å². The molecule has 2 aromatic carbocycles. The number of ketones is 1. The second-order valence-electron chi connectivity index (χ2n) is 8.47. The zero-order valence-corrected chi connectivity index (χ0v) is 20.9. The predicted molar refractivity (Wildman–Crippen MR) is 134 cm³/mol. The van der Waals surface area contributed by atoms with E-state index in [4.69, 9.17) is 10.5 Å². The molecule has 0 unspecified atom stereocenters. The molecule has 3 rings (SSSR count). The van der Waals surface area contributed by atoms with E-state index < -0.39 is 23.1 Å². The standard InChI is InChI=1S/C27H30F2N2O3S/c1-4-9-27(30,26(33)34-16-31-15-19-8-6-7-18(5-2)10-19)25-23(14-24(35-25)17(3)32)20-11-21(28)13-22(29)12-20/h6-8,10-14,31H,4-5,9,15-16,30H2,1-3H3/t27-/m1/s1. The molecule has 0 amide bonds. The van der Waals surface area contributed by atoms with Gasteiger partial charge in [-0.05, 0) is 60.2 Å². The number of carbonyl (C=O) groups is 2. The highest BCUT2D eigenvalue weighted by molar-refractivity contribution is 7.14. The van der Waals surface area contributed by atoms with Crippen LogP contribution in [0.25, 0.3) is 11.1 Å². The Balaban J connectivity index is 1.86. The van der Waals surface area contributed by atoms with Crippen LogP contribution in [0.5, 0.6) is 0 Å². The van der Waals surface area contributed by atoms with Crippen molar-refractivity contribution in [1.82, 2.24) is 5.32 Å². The monoisotopic (exact) mass is 500 g/mol.